The quantitative estimate of drug-likeness (QED) is 0.616. The minimum atomic E-state index is -3.61. The molecule has 1 amide bonds. The van der Waals surface area contributed by atoms with E-state index in [-0.39, 0.29) is 16.8 Å². The molecule has 0 spiro atoms. The maximum atomic E-state index is 13.2. The normalized spacial score (nSPS) is 18.5. The van der Waals surface area contributed by atoms with Crippen LogP contribution in [-0.2, 0) is 10.0 Å². The summed E-state index contributed by atoms with van der Waals surface area (Å²) in [6.45, 7) is 5.27. The van der Waals surface area contributed by atoms with Gasteiger partial charge in [-0.25, -0.2) is 8.42 Å². The van der Waals surface area contributed by atoms with Gasteiger partial charge in [-0.05, 0) is 81.1 Å². The number of hydrogen-bond donors (Lipinski definition) is 1. The second-order valence-corrected chi connectivity index (χ2v) is 11.1. The lowest BCUT2D eigenvalue weighted by molar-refractivity contribution is 0.0937. The van der Waals surface area contributed by atoms with Crippen molar-refractivity contribution in [3.8, 4) is 5.75 Å². The topological polar surface area (TPSA) is 78.9 Å². The third kappa shape index (κ3) is 5.45. The lowest BCUT2D eigenvalue weighted by atomic mass is 10.0. The van der Waals surface area contributed by atoms with E-state index in [0.29, 0.717) is 30.8 Å². The van der Waals surface area contributed by atoms with Crippen LogP contribution in [0.25, 0.3) is 0 Å². The van der Waals surface area contributed by atoms with Gasteiger partial charge in [0.05, 0.1) is 18.0 Å². The van der Waals surface area contributed by atoms with Crippen molar-refractivity contribution in [1.29, 1.82) is 0 Å². The van der Waals surface area contributed by atoms with E-state index in [2.05, 4.69) is 16.3 Å². The Bertz CT molecular complexity index is 1110. The Morgan fingerprint density at radius 3 is 2.41 bits per heavy atom. The Kier molecular flexibility index (Phi) is 7.91. The molecular weight excluding hydrogens is 450 g/mol. The molecule has 2 aromatic carbocycles. The Morgan fingerprint density at radius 2 is 1.71 bits per heavy atom. The summed E-state index contributed by atoms with van der Waals surface area (Å²) < 4.78 is 33.4. The van der Waals surface area contributed by atoms with Crippen LogP contribution >= 0.6 is 0 Å². The number of ether oxygens (including phenoxy) is 1. The van der Waals surface area contributed by atoms with Gasteiger partial charge in [0.2, 0.25) is 10.0 Å². The van der Waals surface area contributed by atoms with E-state index >= 15 is 0 Å². The first kappa shape index (κ1) is 24.7. The van der Waals surface area contributed by atoms with E-state index in [9.17, 15) is 13.2 Å². The van der Waals surface area contributed by atoms with E-state index < -0.39 is 10.0 Å². The number of hydrogen-bond acceptors (Lipinski definition) is 5. The van der Waals surface area contributed by atoms with Crippen LogP contribution in [0.2, 0.25) is 0 Å². The molecule has 2 aromatic rings. The molecule has 184 valence electrons. The van der Waals surface area contributed by atoms with Crippen LogP contribution in [0.5, 0.6) is 5.75 Å². The number of nitrogens with zero attached hydrogens (tertiary/aromatic N) is 2. The van der Waals surface area contributed by atoms with Crippen molar-refractivity contribution >= 4 is 15.9 Å². The summed E-state index contributed by atoms with van der Waals surface area (Å²) in [5.41, 5.74) is 2.12. The van der Waals surface area contributed by atoms with Crippen molar-refractivity contribution in [2.24, 2.45) is 0 Å². The number of methoxy groups -OCH3 is 1. The number of aryl methyl sites for hydroxylation is 1. The molecule has 4 rings (SSSR count). The zero-order valence-corrected chi connectivity index (χ0v) is 20.9. The maximum absolute atomic E-state index is 13.2. The molecule has 0 aromatic heterocycles. The highest BCUT2D eigenvalue weighted by Gasteiger charge is 2.29. The number of sulfonamides is 1. The van der Waals surface area contributed by atoms with Gasteiger partial charge < -0.3 is 10.1 Å². The van der Waals surface area contributed by atoms with Crippen LogP contribution in [0.4, 0.5) is 0 Å². The molecular formula is C26H35N3O4S. The Balaban J connectivity index is 1.52. The fraction of sp³-hybridized carbons (Fsp3) is 0.500. The summed E-state index contributed by atoms with van der Waals surface area (Å²) in [6, 6.07) is 13.0. The van der Waals surface area contributed by atoms with Gasteiger partial charge in [-0.15, -0.1) is 0 Å². The smallest absolute Gasteiger partial charge is 0.251 e. The zero-order chi connectivity index (χ0) is 24.1. The van der Waals surface area contributed by atoms with Crippen molar-refractivity contribution < 1.29 is 17.9 Å². The van der Waals surface area contributed by atoms with Gasteiger partial charge in [0.25, 0.3) is 5.91 Å². The van der Waals surface area contributed by atoms with E-state index in [1.165, 1.54) is 6.07 Å². The van der Waals surface area contributed by atoms with E-state index in [1.54, 1.807) is 30.5 Å². The van der Waals surface area contributed by atoms with Crippen LogP contribution < -0.4 is 10.1 Å². The summed E-state index contributed by atoms with van der Waals surface area (Å²) in [4.78, 5) is 15.7. The van der Waals surface area contributed by atoms with Gasteiger partial charge in [-0.1, -0.05) is 24.6 Å². The first-order valence-electron chi connectivity index (χ1n) is 12.2. The molecule has 0 unspecified atom stereocenters. The number of nitrogens with one attached hydrogen (secondary N) is 1. The predicted molar refractivity (Wildman–Crippen MR) is 133 cm³/mol. The molecule has 0 aliphatic carbocycles. The summed E-state index contributed by atoms with van der Waals surface area (Å²) in [5, 5.41) is 3.06. The molecule has 0 radical (unpaired) electrons. The number of carbonyl (C=O) groups excluding carboxylic acids is 1. The highest BCUT2D eigenvalue weighted by atomic mass is 32.2. The highest BCUT2D eigenvalue weighted by molar-refractivity contribution is 7.89. The second kappa shape index (κ2) is 10.9. The molecule has 2 saturated heterocycles. The highest BCUT2D eigenvalue weighted by Crippen LogP contribution is 2.28. The third-order valence-electron chi connectivity index (χ3n) is 6.90. The summed E-state index contributed by atoms with van der Waals surface area (Å²) >= 11 is 0. The van der Waals surface area contributed by atoms with E-state index in [1.807, 2.05) is 18.2 Å². The Hall–Kier alpha value is -2.42. The average Bonchev–Trinajstić information content (AvgIpc) is 3.39. The fourth-order valence-electron chi connectivity index (χ4n) is 4.91. The Morgan fingerprint density at radius 1 is 1.00 bits per heavy atom. The van der Waals surface area contributed by atoms with Crippen molar-refractivity contribution in [3.63, 3.8) is 0 Å². The number of likely N-dealkylation sites (tertiary alicyclic amines) is 1. The monoisotopic (exact) mass is 485 g/mol. The first-order valence-corrected chi connectivity index (χ1v) is 13.6. The third-order valence-corrected chi connectivity index (χ3v) is 8.94. The number of amides is 1. The molecule has 7 nitrogen and oxygen atoms in total. The minimum Gasteiger partial charge on any atom is -0.497 e. The van der Waals surface area contributed by atoms with Crippen molar-refractivity contribution in [3.05, 3.63) is 59.2 Å². The summed E-state index contributed by atoms with van der Waals surface area (Å²) in [5.74, 6) is 0.529. The molecule has 34 heavy (non-hydrogen) atoms. The lowest BCUT2D eigenvalue weighted by Crippen LogP contribution is -2.37. The van der Waals surface area contributed by atoms with Crippen molar-refractivity contribution in [2.75, 3.05) is 39.8 Å². The molecule has 2 aliphatic heterocycles. The van der Waals surface area contributed by atoms with Crippen molar-refractivity contribution in [2.45, 2.75) is 50.0 Å². The Labute approximate surface area is 203 Å². The predicted octanol–water partition coefficient (Wildman–Crippen LogP) is 3.75. The molecule has 2 heterocycles. The van der Waals surface area contributed by atoms with Crippen LogP contribution in [0.15, 0.2) is 47.4 Å². The van der Waals surface area contributed by atoms with Gasteiger partial charge in [-0.2, -0.15) is 4.31 Å². The van der Waals surface area contributed by atoms with Gasteiger partial charge >= 0.3 is 0 Å². The summed E-state index contributed by atoms with van der Waals surface area (Å²) in [6.07, 6.45) is 5.09. The summed E-state index contributed by atoms with van der Waals surface area (Å²) in [7, 11) is -1.96. The molecule has 1 N–H and O–H groups in total. The maximum Gasteiger partial charge on any atom is 0.251 e. The first-order chi connectivity index (χ1) is 16.4. The number of piperidine rings is 1. The SMILES string of the molecule is COc1cccc([C@@H](CNC(=O)c2ccc(C)c(S(=O)(=O)N3CCCCC3)c2)N2CCCC2)c1. The zero-order valence-electron chi connectivity index (χ0n) is 20.1. The number of rotatable bonds is 8. The van der Waals surface area contributed by atoms with E-state index in [0.717, 1.165) is 56.5 Å². The van der Waals surface area contributed by atoms with Gasteiger partial charge in [0, 0.05) is 25.2 Å². The standard InChI is InChI=1S/C26H35N3O4S/c1-20-11-12-22(18-25(20)34(31,32)29-15-4-3-5-16-29)26(30)27-19-24(28-13-6-7-14-28)21-9-8-10-23(17-21)33-2/h8-12,17-18,24H,3-7,13-16,19H2,1-2H3,(H,27,30)/t24-/m1/s1. The van der Waals surface area contributed by atoms with Crippen LogP contribution in [0, 0.1) is 6.92 Å². The lowest BCUT2D eigenvalue weighted by Gasteiger charge is -2.28. The van der Waals surface area contributed by atoms with Crippen LogP contribution in [0.1, 0.15) is 59.6 Å². The molecule has 0 saturated carbocycles. The average molecular weight is 486 g/mol. The van der Waals surface area contributed by atoms with E-state index in [4.69, 9.17) is 4.74 Å². The minimum absolute atomic E-state index is 0.0311. The van der Waals surface area contributed by atoms with Crippen LogP contribution in [-0.4, -0.2) is 63.4 Å². The fourth-order valence-corrected chi connectivity index (χ4v) is 6.68. The number of carbonyl (C=O) groups is 1. The molecule has 8 heteroatoms. The largest absolute Gasteiger partial charge is 0.497 e. The molecule has 2 aliphatic rings. The number of benzene rings is 2. The van der Waals surface area contributed by atoms with Gasteiger partial charge in [0.1, 0.15) is 5.75 Å². The van der Waals surface area contributed by atoms with Crippen LogP contribution in [0.3, 0.4) is 0 Å². The van der Waals surface area contributed by atoms with Gasteiger partial charge in [0.15, 0.2) is 0 Å². The molecule has 2 fully saturated rings. The molecule has 1 atom stereocenters. The van der Waals surface area contributed by atoms with Gasteiger partial charge in [-0.3, -0.25) is 9.69 Å². The molecule has 0 bridgehead atoms. The second-order valence-electron chi connectivity index (χ2n) is 9.19. The van der Waals surface area contributed by atoms with Crippen molar-refractivity contribution in [1.82, 2.24) is 14.5 Å².